The number of nitrogens with two attached hydrogens (primary N) is 1. The molecule has 0 fully saturated rings. The fourth-order valence-corrected chi connectivity index (χ4v) is 12.8. The van der Waals surface area contributed by atoms with Crippen LogP contribution in [0.4, 0.5) is 9.59 Å². The predicted molar refractivity (Wildman–Crippen MR) is 368 cm³/mol. The fourth-order valence-electron chi connectivity index (χ4n) is 10.3. The molecule has 0 saturated heterocycles. The van der Waals surface area contributed by atoms with Crippen LogP contribution in [0.5, 0.6) is 0 Å². The van der Waals surface area contributed by atoms with Gasteiger partial charge in [-0.2, -0.15) is 0 Å². The minimum absolute atomic E-state index is 0.00728. The van der Waals surface area contributed by atoms with Crippen molar-refractivity contribution in [2.75, 3.05) is 22.6 Å². The molecule has 6 aromatic rings. The number of ether oxygens (including phenoxy) is 2. The number of alkyl halides is 2. The van der Waals surface area contributed by atoms with Crippen LogP contribution in [0.25, 0.3) is 0 Å². The molecule has 6 heterocycles. The molecule has 522 valence electrons. The van der Waals surface area contributed by atoms with E-state index in [0.717, 1.165) is 53.6 Å². The first-order chi connectivity index (χ1) is 45.1. The van der Waals surface area contributed by atoms with E-state index in [1.54, 1.807) is 73.0 Å². The molecule has 9 rings (SSSR count). The molecule has 4 amide bonds. The van der Waals surface area contributed by atoms with Crippen LogP contribution >= 0.6 is 23.2 Å². The average Bonchev–Trinajstić information content (AvgIpc) is 1.66. The summed E-state index contributed by atoms with van der Waals surface area (Å²) < 4.78 is 81.0. The number of carboxylic acid groups (broad SMARTS) is 1. The second-order valence-corrected chi connectivity index (χ2v) is 31.9. The van der Waals surface area contributed by atoms with E-state index >= 15 is 0 Å². The zero-order valence-corrected chi connectivity index (χ0v) is 60.3. The Balaban J connectivity index is 0.000000238. The van der Waals surface area contributed by atoms with E-state index in [9.17, 15) is 49.2 Å². The number of fused-ring (bicyclic) bond motifs is 3. The summed E-state index contributed by atoms with van der Waals surface area (Å²) in [6, 6.07) is 25.9. The predicted octanol–water partition coefficient (Wildman–Crippen LogP) is 11.7. The summed E-state index contributed by atoms with van der Waals surface area (Å²) in [7, 11) is -9.69. The van der Waals surface area contributed by atoms with Crippen LogP contribution in [0.2, 0.25) is 0 Å². The largest absolute Gasteiger partial charge is 0.478 e. The lowest BCUT2D eigenvalue weighted by atomic mass is 10.0. The molecule has 0 aliphatic carbocycles. The third kappa shape index (κ3) is 22.0. The minimum atomic E-state index is -3.31. The number of carbonyl (C=O) groups is 5. The maximum absolute atomic E-state index is 12.7. The molecule has 96 heavy (non-hydrogen) atoms. The number of rotatable bonds is 17. The van der Waals surface area contributed by atoms with Crippen LogP contribution in [-0.2, 0) is 78.3 Å². The van der Waals surface area contributed by atoms with Gasteiger partial charge >= 0.3 is 18.2 Å². The number of sulfone groups is 3. The molecule has 0 saturated carbocycles. The van der Waals surface area contributed by atoms with Crippen LogP contribution in [0.3, 0.4) is 0 Å². The first-order valence-corrected chi connectivity index (χ1v) is 37.4. The van der Waals surface area contributed by atoms with Crippen LogP contribution < -0.4 is 21.7 Å². The number of hydrogen-bond acceptors (Lipinski definition) is 18. The molecule has 23 nitrogen and oxygen atoms in total. The Labute approximate surface area is 574 Å². The Morgan fingerprint density at radius 3 is 1.22 bits per heavy atom. The van der Waals surface area contributed by atoms with Crippen molar-refractivity contribution in [3.8, 4) is 0 Å². The van der Waals surface area contributed by atoms with Gasteiger partial charge in [0.1, 0.15) is 11.2 Å². The summed E-state index contributed by atoms with van der Waals surface area (Å²) in [4.78, 5) is 77.3. The van der Waals surface area contributed by atoms with E-state index in [2.05, 4.69) is 37.8 Å². The second kappa shape index (κ2) is 35.1. The number of carbonyl (C=O) groups excluding carboxylic acids is 4. The maximum Gasteiger partial charge on any atom is 0.411 e. The van der Waals surface area contributed by atoms with Gasteiger partial charge in [-0.3, -0.25) is 34.3 Å². The number of pyridine rings is 3. The molecule has 0 bridgehead atoms. The van der Waals surface area contributed by atoms with E-state index in [1.165, 1.54) is 42.4 Å². The van der Waals surface area contributed by atoms with E-state index in [1.807, 2.05) is 85.7 Å². The van der Waals surface area contributed by atoms with Crippen molar-refractivity contribution in [1.82, 2.24) is 40.7 Å². The Morgan fingerprint density at radius 2 is 0.896 bits per heavy atom. The van der Waals surface area contributed by atoms with E-state index in [-0.39, 0.29) is 92.0 Å². The molecule has 3 atom stereocenters. The number of benzene rings is 3. The molecule has 3 aliphatic rings. The third-order valence-electron chi connectivity index (χ3n) is 15.4. The first-order valence-electron chi connectivity index (χ1n) is 31.4. The van der Waals surface area contributed by atoms with Crippen molar-refractivity contribution in [3.05, 3.63) is 177 Å². The van der Waals surface area contributed by atoms with Gasteiger partial charge in [0.25, 0.3) is 11.8 Å². The number of aromatic nitrogens is 3. The summed E-state index contributed by atoms with van der Waals surface area (Å²) in [6.07, 6.45) is 5.80. The SMILES string of the molecule is CCS(=O)(=O)c1ccc(CN)nc1.CC[C@@H]1NCc2cc(C(=O)NCc3ccc(S(=O)(=O)CC)cn3)ccc21.CC[C@H]1c2ccc(C(=O)NCc3ccc(S(=O)(=O)CC)cn3)cc2CN1C(=O)OC(C)(C)C.CC[C@H]1c2ccc(C(=O)O)cc2CN1C(=O)OC(C)(C)C.ClCCl. The molecular weight excluding hydrogens is 1330 g/mol. The third-order valence-corrected chi connectivity index (χ3v) is 20.5. The average molecular weight is 1420 g/mol. The Kier molecular flexibility index (Phi) is 28.9. The summed E-state index contributed by atoms with van der Waals surface area (Å²) in [5, 5.41) is 18.3. The highest BCUT2D eigenvalue weighted by Crippen LogP contribution is 2.39. The molecule has 3 aromatic heterocycles. The van der Waals surface area contributed by atoms with Crippen molar-refractivity contribution in [3.63, 3.8) is 0 Å². The molecular formula is C68H89Cl2N9O14S3. The van der Waals surface area contributed by atoms with Gasteiger partial charge in [0.2, 0.25) is 0 Å². The van der Waals surface area contributed by atoms with Crippen LogP contribution in [0.15, 0.2) is 124 Å². The standard InChI is InChI=1S/C24H31N3O5S.C19H23N3O3S.C16H21NO4.C8H12N2O2S.CH2Cl2/c1-6-21-20-11-8-16(12-17(20)15-27(21)23(29)32-24(3,4)5)22(28)26-13-18-9-10-19(14-25-18)33(30,31)7-2;1-3-18-17-8-5-13(9-14(17)10-21-18)19(23)22-11-15-6-7-16(12-20-15)26(24,25)4-2;1-5-13-12-7-6-10(14(18)19)8-11(12)9-17(13)15(20)21-16(2,3)4;1-2-13(11,12)8-4-3-7(5-9)10-6-8;2-1-3/h8-12,14,21H,6-7,13,15H2,1-5H3,(H,26,28);5-9,12,18,21H,3-4,10-11H2,1-2H3,(H,22,23);6-8,13H,5,9H2,1-4H3,(H,18,19);3-4,6H,2,5,9H2,1H3;1H2/t21-;18-;13-;;/m000../s1. The number of hydrogen-bond donors (Lipinski definition) is 5. The van der Waals surface area contributed by atoms with Gasteiger partial charge in [0, 0.05) is 48.8 Å². The van der Waals surface area contributed by atoms with Crippen molar-refractivity contribution in [2.45, 2.75) is 186 Å². The summed E-state index contributed by atoms with van der Waals surface area (Å²) in [5.41, 5.74) is 13.7. The van der Waals surface area contributed by atoms with Gasteiger partial charge in [0.05, 0.1) is 98.2 Å². The van der Waals surface area contributed by atoms with Gasteiger partial charge in [-0.25, -0.2) is 39.6 Å². The Morgan fingerprint density at radius 1 is 0.542 bits per heavy atom. The highest BCUT2D eigenvalue weighted by molar-refractivity contribution is 7.92. The number of nitrogens with zero attached hydrogens (tertiary/aromatic N) is 5. The monoisotopic (exact) mass is 1420 g/mol. The quantitative estimate of drug-likeness (QED) is 0.0530. The molecule has 3 aliphatic heterocycles. The number of nitrogens with one attached hydrogen (secondary N) is 3. The Bertz CT molecular complexity index is 4020. The molecule has 28 heteroatoms. The molecule has 0 radical (unpaired) electrons. The normalized spacial score (nSPS) is 15.4. The Hall–Kier alpha value is -7.59. The molecule has 0 spiro atoms. The molecule has 6 N–H and O–H groups in total. The van der Waals surface area contributed by atoms with Gasteiger partial charge in [-0.1, -0.05) is 59.7 Å². The topological polar surface area (TPSA) is 334 Å². The lowest BCUT2D eigenvalue weighted by Crippen LogP contribution is -2.35. The first kappa shape index (κ1) is 79.1. The zero-order valence-electron chi connectivity index (χ0n) is 56.4. The molecule has 0 unspecified atom stereocenters. The van der Waals surface area contributed by atoms with Crippen molar-refractivity contribution in [2.24, 2.45) is 5.73 Å². The van der Waals surface area contributed by atoms with E-state index < -0.39 is 46.7 Å². The lowest BCUT2D eigenvalue weighted by molar-refractivity contribution is 0.0158. The van der Waals surface area contributed by atoms with Gasteiger partial charge in [-0.05, 0) is 167 Å². The second-order valence-electron chi connectivity index (χ2n) is 24.3. The smallest absolute Gasteiger partial charge is 0.411 e. The van der Waals surface area contributed by atoms with Crippen LogP contribution in [0, 0.1) is 0 Å². The van der Waals surface area contributed by atoms with Gasteiger partial charge in [0.15, 0.2) is 29.5 Å². The maximum atomic E-state index is 12.7. The minimum Gasteiger partial charge on any atom is -0.478 e. The number of halogens is 2. The summed E-state index contributed by atoms with van der Waals surface area (Å²) >= 11 is 9.53. The van der Waals surface area contributed by atoms with E-state index in [0.29, 0.717) is 53.9 Å². The van der Waals surface area contributed by atoms with E-state index in [4.69, 9.17) is 43.5 Å². The van der Waals surface area contributed by atoms with Crippen LogP contribution in [0.1, 0.15) is 202 Å². The number of carboxylic acids is 1. The van der Waals surface area contributed by atoms with Crippen LogP contribution in [-0.4, -0.2) is 119 Å². The molecule has 3 aromatic carbocycles. The summed E-state index contributed by atoms with van der Waals surface area (Å²) in [5.74, 6) is -1.25. The van der Waals surface area contributed by atoms with Crippen molar-refractivity contribution < 1.29 is 63.8 Å². The van der Waals surface area contributed by atoms with Gasteiger partial charge in [-0.15, -0.1) is 23.2 Å². The zero-order chi connectivity index (χ0) is 71.5. The summed E-state index contributed by atoms with van der Waals surface area (Å²) in [6.45, 7) is 24.2. The highest BCUT2D eigenvalue weighted by Gasteiger charge is 2.37. The van der Waals surface area contributed by atoms with Crippen molar-refractivity contribution in [1.29, 1.82) is 0 Å². The van der Waals surface area contributed by atoms with Crippen molar-refractivity contribution >= 4 is 82.7 Å². The lowest BCUT2D eigenvalue weighted by Gasteiger charge is -2.28. The number of amides is 4. The fraction of sp³-hybridized carbons (Fsp3) is 0.441. The highest BCUT2D eigenvalue weighted by atomic mass is 35.5. The number of aromatic carboxylic acids is 1. The van der Waals surface area contributed by atoms with Gasteiger partial charge < -0.3 is 36.3 Å².